The van der Waals surface area contributed by atoms with Gasteiger partial charge < -0.3 is 14.7 Å². The molecular formula is C24H19ClN2O4. The molecule has 0 spiro atoms. The molecule has 3 aromatic rings. The predicted molar refractivity (Wildman–Crippen MR) is 117 cm³/mol. The molecule has 1 aromatic heterocycles. The Morgan fingerprint density at radius 2 is 1.77 bits per heavy atom. The molecule has 0 saturated carbocycles. The average Bonchev–Trinajstić information content (AvgIpc) is 3.05. The number of methoxy groups -OCH3 is 1. The van der Waals surface area contributed by atoms with Crippen LogP contribution < -0.4 is 4.74 Å². The van der Waals surface area contributed by atoms with Crippen LogP contribution in [0.3, 0.4) is 0 Å². The molecule has 156 valence electrons. The van der Waals surface area contributed by atoms with E-state index in [0.717, 1.165) is 0 Å². The largest absolute Gasteiger partial charge is 0.507 e. The fourth-order valence-corrected chi connectivity index (χ4v) is 3.73. The van der Waals surface area contributed by atoms with Gasteiger partial charge in [-0.25, -0.2) is 0 Å². The van der Waals surface area contributed by atoms with Gasteiger partial charge in [-0.1, -0.05) is 29.8 Å². The molecule has 1 aliphatic heterocycles. The van der Waals surface area contributed by atoms with Crippen molar-refractivity contribution in [3.8, 4) is 5.75 Å². The van der Waals surface area contributed by atoms with Crippen molar-refractivity contribution in [3.63, 3.8) is 0 Å². The van der Waals surface area contributed by atoms with Gasteiger partial charge in [0.2, 0.25) is 0 Å². The Kier molecular flexibility index (Phi) is 5.73. The van der Waals surface area contributed by atoms with Crippen molar-refractivity contribution in [2.75, 3.05) is 7.11 Å². The number of aromatic nitrogens is 1. The highest BCUT2D eigenvalue weighted by Gasteiger charge is 2.46. The smallest absolute Gasteiger partial charge is 0.296 e. The SMILES string of the molecule is COc1ccc(C2/C(=C(\O)c3ccc(Cl)cc3)C(=O)C(=O)N2Cc2ccccn2)cc1. The Bertz CT molecular complexity index is 1140. The Morgan fingerprint density at radius 1 is 1.06 bits per heavy atom. The third kappa shape index (κ3) is 4.02. The lowest BCUT2D eigenvalue weighted by molar-refractivity contribution is -0.140. The molecule has 1 aliphatic rings. The molecule has 1 atom stereocenters. The Balaban J connectivity index is 1.85. The number of nitrogens with zero attached hydrogens (tertiary/aromatic N) is 2. The van der Waals surface area contributed by atoms with Crippen molar-refractivity contribution in [3.05, 3.63) is 100 Å². The van der Waals surface area contributed by atoms with E-state index < -0.39 is 17.7 Å². The highest BCUT2D eigenvalue weighted by Crippen LogP contribution is 2.40. The number of aliphatic hydroxyl groups excluding tert-OH is 1. The summed E-state index contributed by atoms with van der Waals surface area (Å²) < 4.78 is 5.22. The number of ketones is 1. The van der Waals surface area contributed by atoms with Crippen LogP contribution in [0.15, 0.2) is 78.5 Å². The number of likely N-dealkylation sites (tertiary alicyclic amines) is 1. The van der Waals surface area contributed by atoms with Crippen LogP contribution in [0.2, 0.25) is 5.02 Å². The molecule has 4 rings (SSSR count). The maximum Gasteiger partial charge on any atom is 0.296 e. The number of hydrogen-bond donors (Lipinski definition) is 1. The fourth-order valence-electron chi connectivity index (χ4n) is 3.61. The topological polar surface area (TPSA) is 79.7 Å². The van der Waals surface area contributed by atoms with Crippen molar-refractivity contribution in [2.45, 2.75) is 12.6 Å². The van der Waals surface area contributed by atoms with Crippen molar-refractivity contribution in [1.29, 1.82) is 0 Å². The van der Waals surface area contributed by atoms with Gasteiger partial charge in [0.25, 0.3) is 11.7 Å². The zero-order chi connectivity index (χ0) is 22.0. The van der Waals surface area contributed by atoms with E-state index in [4.69, 9.17) is 16.3 Å². The summed E-state index contributed by atoms with van der Waals surface area (Å²) in [5.41, 5.74) is 1.73. The maximum absolute atomic E-state index is 13.0. The predicted octanol–water partition coefficient (Wildman–Crippen LogP) is 4.37. The molecule has 1 fully saturated rings. The molecule has 31 heavy (non-hydrogen) atoms. The standard InChI is InChI=1S/C24H19ClN2O4/c1-31-19-11-7-15(8-12-19)21-20(22(28)16-5-9-17(25)10-6-16)23(29)24(30)27(21)14-18-4-2-3-13-26-18/h2-13,21,28H,14H2,1H3/b22-20+. The number of amides is 1. The third-order valence-corrected chi connectivity index (χ3v) is 5.40. The molecule has 0 aliphatic carbocycles. The average molecular weight is 435 g/mol. The van der Waals surface area contributed by atoms with Gasteiger partial charge in [-0.05, 0) is 54.1 Å². The van der Waals surface area contributed by atoms with Gasteiger partial charge in [0.15, 0.2) is 0 Å². The summed E-state index contributed by atoms with van der Waals surface area (Å²) in [5.74, 6) is -1.05. The summed E-state index contributed by atoms with van der Waals surface area (Å²) >= 11 is 5.95. The van der Waals surface area contributed by atoms with E-state index in [1.54, 1.807) is 74.0 Å². The minimum atomic E-state index is -0.774. The van der Waals surface area contributed by atoms with Gasteiger partial charge in [0, 0.05) is 16.8 Å². The lowest BCUT2D eigenvalue weighted by Crippen LogP contribution is -2.29. The lowest BCUT2D eigenvalue weighted by atomic mass is 9.95. The van der Waals surface area contributed by atoms with Crippen LogP contribution in [0.1, 0.15) is 22.9 Å². The van der Waals surface area contributed by atoms with Gasteiger partial charge in [-0.3, -0.25) is 14.6 Å². The molecule has 2 heterocycles. The fraction of sp³-hybridized carbons (Fsp3) is 0.125. The summed E-state index contributed by atoms with van der Waals surface area (Å²) in [6.45, 7) is 0.125. The molecule has 1 saturated heterocycles. The van der Waals surface area contributed by atoms with Crippen molar-refractivity contribution in [2.24, 2.45) is 0 Å². The van der Waals surface area contributed by atoms with E-state index in [1.807, 2.05) is 6.07 Å². The number of hydrogen-bond acceptors (Lipinski definition) is 5. The number of carbonyl (C=O) groups is 2. The van der Waals surface area contributed by atoms with Crippen molar-refractivity contribution < 1.29 is 19.4 Å². The van der Waals surface area contributed by atoms with Crippen LogP contribution in [0.25, 0.3) is 5.76 Å². The normalized spacial score (nSPS) is 17.7. The van der Waals surface area contributed by atoms with Crippen LogP contribution >= 0.6 is 11.6 Å². The molecule has 1 N–H and O–H groups in total. The zero-order valence-corrected chi connectivity index (χ0v) is 17.4. The third-order valence-electron chi connectivity index (χ3n) is 5.15. The first-order valence-corrected chi connectivity index (χ1v) is 9.95. The Labute approximate surface area is 184 Å². The van der Waals surface area contributed by atoms with E-state index in [2.05, 4.69) is 4.98 Å². The first-order chi connectivity index (χ1) is 15.0. The van der Waals surface area contributed by atoms with Crippen LogP contribution in [0, 0.1) is 0 Å². The number of rotatable bonds is 5. The van der Waals surface area contributed by atoms with Gasteiger partial charge >= 0.3 is 0 Å². The molecule has 0 bridgehead atoms. The van der Waals surface area contributed by atoms with E-state index >= 15 is 0 Å². The Morgan fingerprint density at radius 3 is 2.39 bits per heavy atom. The van der Waals surface area contributed by atoms with E-state index in [0.29, 0.717) is 27.6 Å². The van der Waals surface area contributed by atoms with Gasteiger partial charge in [0.1, 0.15) is 11.5 Å². The van der Waals surface area contributed by atoms with E-state index in [1.165, 1.54) is 4.90 Å². The monoisotopic (exact) mass is 434 g/mol. The first kappa shape index (κ1) is 20.6. The summed E-state index contributed by atoms with van der Waals surface area (Å²) in [4.78, 5) is 31.7. The molecule has 0 radical (unpaired) electrons. The Hall–Kier alpha value is -3.64. The number of aliphatic hydroxyl groups is 1. The number of benzene rings is 2. The number of halogens is 1. The van der Waals surface area contributed by atoms with Crippen LogP contribution in [-0.2, 0) is 16.1 Å². The lowest BCUT2D eigenvalue weighted by Gasteiger charge is -2.25. The van der Waals surface area contributed by atoms with Crippen LogP contribution in [0.4, 0.5) is 0 Å². The minimum Gasteiger partial charge on any atom is -0.507 e. The van der Waals surface area contributed by atoms with Gasteiger partial charge in [-0.2, -0.15) is 0 Å². The van der Waals surface area contributed by atoms with Crippen molar-refractivity contribution in [1.82, 2.24) is 9.88 Å². The maximum atomic E-state index is 13.0. The molecular weight excluding hydrogens is 416 g/mol. The van der Waals surface area contributed by atoms with E-state index in [9.17, 15) is 14.7 Å². The van der Waals surface area contributed by atoms with Crippen LogP contribution in [-0.4, -0.2) is 33.8 Å². The molecule has 2 aromatic carbocycles. The summed E-state index contributed by atoms with van der Waals surface area (Å²) in [6.07, 6.45) is 1.63. The zero-order valence-electron chi connectivity index (χ0n) is 16.7. The molecule has 7 heteroatoms. The molecule has 6 nitrogen and oxygen atoms in total. The van der Waals surface area contributed by atoms with Gasteiger partial charge in [0.05, 0.1) is 31.0 Å². The molecule has 1 amide bonds. The second-order valence-electron chi connectivity index (χ2n) is 7.03. The quantitative estimate of drug-likeness (QED) is 0.366. The summed E-state index contributed by atoms with van der Waals surface area (Å²) in [6, 6.07) is 18.1. The van der Waals surface area contributed by atoms with Crippen molar-refractivity contribution >= 4 is 29.1 Å². The number of ether oxygens (including phenoxy) is 1. The first-order valence-electron chi connectivity index (χ1n) is 9.58. The second kappa shape index (κ2) is 8.62. The minimum absolute atomic E-state index is 0.0217. The number of carbonyl (C=O) groups excluding carboxylic acids is 2. The van der Waals surface area contributed by atoms with Crippen LogP contribution in [0.5, 0.6) is 5.75 Å². The second-order valence-corrected chi connectivity index (χ2v) is 7.46. The summed E-state index contributed by atoms with van der Waals surface area (Å²) in [7, 11) is 1.56. The number of Topliss-reactive ketones (excluding diaryl/α,β-unsaturated/α-hetero) is 1. The number of pyridine rings is 1. The van der Waals surface area contributed by atoms with Gasteiger partial charge in [-0.15, -0.1) is 0 Å². The molecule has 1 unspecified atom stereocenters. The highest BCUT2D eigenvalue weighted by atomic mass is 35.5. The van der Waals surface area contributed by atoms with E-state index in [-0.39, 0.29) is 17.9 Å². The highest BCUT2D eigenvalue weighted by molar-refractivity contribution is 6.46. The summed E-state index contributed by atoms with van der Waals surface area (Å²) in [5, 5.41) is 11.5.